The van der Waals surface area contributed by atoms with Crippen molar-refractivity contribution in [1.29, 1.82) is 5.26 Å². The van der Waals surface area contributed by atoms with Gasteiger partial charge in [-0.2, -0.15) is 10.4 Å². The molecule has 33 heavy (non-hydrogen) atoms. The predicted molar refractivity (Wildman–Crippen MR) is 125 cm³/mol. The number of aryl methyl sites for hydroxylation is 1. The Morgan fingerprint density at radius 2 is 1.76 bits per heavy atom. The lowest BCUT2D eigenvalue weighted by Gasteiger charge is -2.29. The number of halogens is 3. The Morgan fingerprint density at radius 1 is 1.03 bits per heavy atom. The maximum atomic E-state index is 14.9. The first-order chi connectivity index (χ1) is 16.0. The van der Waals surface area contributed by atoms with Crippen molar-refractivity contribution in [2.75, 3.05) is 18.0 Å². The molecule has 166 valence electrons. The molecule has 0 aliphatic carbocycles. The quantitative estimate of drug-likeness (QED) is 0.357. The molecule has 3 heterocycles. The number of nitrogens with zero attached hydrogens (tertiary/aromatic N) is 4. The summed E-state index contributed by atoms with van der Waals surface area (Å²) in [5.74, 6) is -1.81. The van der Waals surface area contributed by atoms with E-state index in [1.54, 1.807) is 0 Å². The second-order valence-corrected chi connectivity index (χ2v) is 8.59. The summed E-state index contributed by atoms with van der Waals surface area (Å²) in [4.78, 5) is 6.70. The van der Waals surface area contributed by atoms with Crippen LogP contribution in [0.3, 0.4) is 0 Å². The van der Waals surface area contributed by atoms with Gasteiger partial charge in [-0.3, -0.25) is 5.10 Å². The van der Waals surface area contributed by atoms with E-state index in [9.17, 15) is 14.0 Å². The molecule has 1 aliphatic heterocycles. The highest BCUT2D eigenvalue weighted by molar-refractivity contribution is 6.31. The van der Waals surface area contributed by atoms with E-state index in [0.29, 0.717) is 16.6 Å². The lowest BCUT2D eigenvalue weighted by Crippen LogP contribution is -2.29. The molecule has 0 unspecified atom stereocenters. The Labute approximate surface area is 194 Å². The summed E-state index contributed by atoms with van der Waals surface area (Å²) in [6.45, 7) is 3.85. The summed E-state index contributed by atoms with van der Waals surface area (Å²) in [6.07, 6.45) is 3.58. The second-order valence-electron chi connectivity index (χ2n) is 8.18. The molecule has 8 heteroatoms. The van der Waals surface area contributed by atoms with Crippen LogP contribution in [0.2, 0.25) is 5.02 Å². The van der Waals surface area contributed by atoms with Crippen LogP contribution in [0.15, 0.2) is 36.4 Å². The first-order valence-electron chi connectivity index (χ1n) is 10.8. The number of aromatic nitrogens is 3. The van der Waals surface area contributed by atoms with Crippen molar-refractivity contribution in [2.24, 2.45) is 0 Å². The van der Waals surface area contributed by atoms with Gasteiger partial charge in [0, 0.05) is 30.0 Å². The third kappa shape index (κ3) is 3.61. The molecule has 5 nitrogen and oxygen atoms in total. The largest absolute Gasteiger partial charge is 0.372 e. The Hall–Kier alpha value is -3.50. The summed E-state index contributed by atoms with van der Waals surface area (Å²) in [5.41, 5.74) is 2.88. The first-order valence-corrected chi connectivity index (χ1v) is 11.2. The summed E-state index contributed by atoms with van der Waals surface area (Å²) in [5, 5.41) is 17.6. The van der Waals surface area contributed by atoms with Gasteiger partial charge in [-0.15, -0.1) is 0 Å². The van der Waals surface area contributed by atoms with Gasteiger partial charge in [-0.1, -0.05) is 23.7 Å². The molecule has 2 aromatic carbocycles. The fourth-order valence-electron chi connectivity index (χ4n) is 4.52. The molecule has 2 aromatic heterocycles. The minimum Gasteiger partial charge on any atom is -0.372 e. The van der Waals surface area contributed by atoms with Gasteiger partial charge in [-0.05, 0) is 56.0 Å². The Morgan fingerprint density at radius 3 is 2.45 bits per heavy atom. The lowest BCUT2D eigenvalue weighted by atomic mass is 9.92. The van der Waals surface area contributed by atoms with E-state index in [1.165, 1.54) is 19.3 Å². The van der Waals surface area contributed by atoms with Crippen molar-refractivity contribution in [2.45, 2.75) is 26.2 Å². The van der Waals surface area contributed by atoms with E-state index in [1.807, 2.05) is 31.2 Å². The van der Waals surface area contributed by atoms with Gasteiger partial charge in [0.05, 0.1) is 27.2 Å². The van der Waals surface area contributed by atoms with Gasteiger partial charge in [0.15, 0.2) is 11.5 Å². The first kappa shape index (κ1) is 21.4. The Kier molecular flexibility index (Phi) is 5.47. The number of fused-ring (bicyclic) bond motifs is 1. The van der Waals surface area contributed by atoms with Crippen LogP contribution in [-0.2, 0) is 0 Å². The highest BCUT2D eigenvalue weighted by Gasteiger charge is 2.26. The normalized spacial score (nSPS) is 14.0. The number of hydrogen-bond acceptors (Lipinski definition) is 4. The molecule has 0 saturated carbocycles. The summed E-state index contributed by atoms with van der Waals surface area (Å²) in [6, 6.07) is 12.2. The molecule has 1 fully saturated rings. The van der Waals surface area contributed by atoms with E-state index in [4.69, 9.17) is 11.6 Å². The van der Waals surface area contributed by atoms with E-state index in [-0.39, 0.29) is 21.9 Å². The molecule has 0 amide bonds. The smallest absolute Gasteiger partial charge is 0.182 e. The molecule has 0 spiro atoms. The van der Waals surface area contributed by atoms with Gasteiger partial charge in [-0.25, -0.2) is 13.8 Å². The fraction of sp³-hybridized carbons (Fsp3) is 0.240. The molecule has 5 rings (SSSR count). The van der Waals surface area contributed by atoms with Crippen LogP contribution in [0, 0.1) is 29.9 Å². The molecule has 1 N–H and O–H groups in total. The topological polar surface area (TPSA) is 68.6 Å². The zero-order chi connectivity index (χ0) is 23.1. The van der Waals surface area contributed by atoms with E-state index in [0.717, 1.165) is 36.5 Å². The van der Waals surface area contributed by atoms with E-state index < -0.39 is 17.2 Å². The van der Waals surface area contributed by atoms with Gasteiger partial charge in [0.25, 0.3) is 0 Å². The number of hydrogen-bond donors (Lipinski definition) is 1. The number of anilines is 1. The number of benzene rings is 2. The number of H-pyrrole nitrogens is 1. The van der Waals surface area contributed by atoms with E-state index in [2.05, 4.69) is 26.2 Å². The van der Waals surface area contributed by atoms with Crippen LogP contribution < -0.4 is 4.90 Å². The van der Waals surface area contributed by atoms with Crippen LogP contribution in [-0.4, -0.2) is 28.3 Å². The second kappa shape index (κ2) is 8.45. The maximum absolute atomic E-state index is 14.9. The van der Waals surface area contributed by atoms with Crippen LogP contribution in [0.25, 0.3) is 33.4 Å². The zero-order valence-electron chi connectivity index (χ0n) is 17.9. The van der Waals surface area contributed by atoms with Gasteiger partial charge >= 0.3 is 0 Å². The van der Waals surface area contributed by atoms with Gasteiger partial charge in [0.1, 0.15) is 11.9 Å². The number of piperidine rings is 1. The summed E-state index contributed by atoms with van der Waals surface area (Å²) >= 11 is 5.92. The van der Waals surface area contributed by atoms with Crippen molar-refractivity contribution in [3.8, 4) is 28.5 Å². The zero-order valence-corrected chi connectivity index (χ0v) is 18.7. The fourth-order valence-corrected chi connectivity index (χ4v) is 4.67. The summed E-state index contributed by atoms with van der Waals surface area (Å²) < 4.78 is 29.7. The number of nitriles is 1. The van der Waals surface area contributed by atoms with Crippen LogP contribution >= 0.6 is 11.6 Å². The third-order valence-corrected chi connectivity index (χ3v) is 6.44. The summed E-state index contributed by atoms with van der Waals surface area (Å²) in [7, 11) is 0. The van der Waals surface area contributed by atoms with Crippen LogP contribution in [0.5, 0.6) is 0 Å². The monoisotopic (exact) mass is 463 g/mol. The predicted octanol–water partition coefficient (Wildman–Crippen LogP) is 6.39. The highest BCUT2D eigenvalue weighted by Crippen LogP contribution is 2.40. The molecular formula is C25H20ClF2N5. The average molecular weight is 464 g/mol. The highest BCUT2D eigenvalue weighted by atomic mass is 35.5. The standard InChI is InChI=1S/C25H20ClF2N5/c1-14-20-21(15-5-7-16(8-6-15)33-11-3-2-4-12-33)17(13-29)24(30-25(20)32-31-14)22-19(27)10-9-18(26)23(22)28/h5-10H,2-4,11-12H2,1H3,(H,30,31,32). The number of aromatic amines is 1. The molecule has 1 aliphatic rings. The number of pyridine rings is 1. The van der Waals surface area contributed by atoms with Crippen molar-refractivity contribution in [3.63, 3.8) is 0 Å². The van der Waals surface area contributed by atoms with Gasteiger partial charge in [0.2, 0.25) is 0 Å². The van der Waals surface area contributed by atoms with Crippen molar-refractivity contribution < 1.29 is 8.78 Å². The molecule has 1 saturated heterocycles. The average Bonchev–Trinajstić information content (AvgIpc) is 3.21. The Balaban J connectivity index is 1.75. The van der Waals surface area contributed by atoms with Crippen LogP contribution in [0.4, 0.5) is 14.5 Å². The third-order valence-electron chi connectivity index (χ3n) is 6.15. The number of rotatable bonds is 3. The molecule has 0 bridgehead atoms. The van der Waals surface area contributed by atoms with Crippen molar-refractivity contribution in [1.82, 2.24) is 15.2 Å². The van der Waals surface area contributed by atoms with Gasteiger partial charge < -0.3 is 4.90 Å². The van der Waals surface area contributed by atoms with E-state index >= 15 is 0 Å². The molecule has 0 radical (unpaired) electrons. The minimum absolute atomic E-state index is 0.0674. The van der Waals surface area contributed by atoms with Crippen molar-refractivity contribution in [3.05, 3.63) is 64.3 Å². The number of nitrogens with one attached hydrogen (secondary N) is 1. The van der Waals surface area contributed by atoms with Crippen molar-refractivity contribution >= 4 is 28.3 Å². The maximum Gasteiger partial charge on any atom is 0.182 e. The Bertz CT molecular complexity index is 1400. The minimum atomic E-state index is -0.960. The SMILES string of the molecule is Cc1[nH]nc2nc(-c3c(F)ccc(Cl)c3F)c(C#N)c(-c3ccc(N4CCCCC4)cc3)c12. The van der Waals surface area contributed by atoms with Crippen LogP contribution in [0.1, 0.15) is 30.5 Å². The molecule has 4 aromatic rings. The lowest BCUT2D eigenvalue weighted by molar-refractivity contribution is 0.578. The molecule has 0 atom stereocenters. The molecular weight excluding hydrogens is 444 g/mol.